The Morgan fingerprint density at radius 3 is 1.76 bits per heavy atom. The van der Waals surface area contributed by atoms with Gasteiger partial charge < -0.3 is 19.9 Å². The molecule has 292 valence electrons. The van der Waals surface area contributed by atoms with Crippen molar-refractivity contribution in [3.05, 3.63) is 113 Å². The summed E-state index contributed by atoms with van der Waals surface area (Å²) in [7, 11) is -0.382. The van der Waals surface area contributed by atoms with Gasteiger partial charge in [0.15, 0.2) is 0 Å². The molecule has 6 rings (SSSR count). The SMILES string of the molecule is COc1ccc(CN(Cc2ccc(OC)cc2)S(=O)(=O)c2c(C(F)(F)F)ccc(CCC3CCC(N)CC3)c2-c2nnn(Cc3ccc(OC)cc3)n2)cc1. The van der Waals surface area contributed by atoms with E-state index >= 15 is 21.6 Å². The smallest absolute Gasteiger partial charge is 0.417 e. The molecule has 1 aliphatic rings. The normalized spacial score (nSPS) is 16.3. The Morgan fingerprint density at radius 1 is 0.764 bits per heavy atom. The van der Waals surface area contributed by atoms with Crippen LogP contribution in [0.4, 0.5) is 13.2 Å². The topological polar surface area (TPSA) is 135 Å². The molecule has 1 fully saturated rings. The first-order chi connectivity index (χ1) is 26.4. The molecule has 11 nitrogen and oxygen atoms in total. The maximum absolute atomic E-state index is 15.2. The van der Waals surface area contributed by atoms with Crippen LogP contribution in [0.3, 0.4) is 0 Å². The summed E-state index contributed by atoms with van der Waals surface area (Å²) in [6.45, 7) is -0.338. The van der Waals surface area contributed by atoms with Crippen molar-refractivity contribution in [2.24, 2.45) is 11.7 Å². The molecule has 15 heteroatoms. The Morgan fingerprint density at radius 2 is 1.27 bits per heavy atom. The lowest BCUT2D eigenvalue weighted by molar-refractivity contribution is -0.139. The third-order valence-electron chi connectivity index (χ3n) is 10.1. The zero-order valence-corrected chi connectivity index (χ0v) is 31.8. The summed E-state index contributed by atoms with van der Waals surface area (Å²) >= 11 is 0. The van der Waals surface area contributed by atoms with Crippen molar-refractivity contribution >= 4 is 10.0 Å². The van der Waals surface area contributed by atoms with Crippen LogP contribution in [0, 0.1) is 5.92 Å². The number of aryl methyl sites for hydroxylation is 1. The number of hydrogen-bond donors (Lipinski definition) is 1. The van der Waals surface area contributed by atoms with Crippen molar-refractivity contribution < 1.29 is 35.8 Å². The van der Waals surface area contributed by atoms with E-state index in [1.807, 2.05) is 0 Å². The molecule has 0 saturated heterocycles. The number of nitrogens with zero attached hydrogens (tertiary/aromatic N) is 5. The number of hydrogen-bond acceptors (Lipinski definition) is 9. The number of methoxy groups -OCH3 is 3. The van der Waals surface area contributed by atoms with Gasteiger partial charge in [0, 0.05) is 24.7 Å². The summed E-state index contributed by atoms with van der Waals surface area (Å²) in [5, 5.41) is 12.9. The highest BCUT2D eigenvalue weighted by Crippen LogP contribution is 2.43. The minimum Gasteiger partial charge on any atom is -0.497 e. The molecule has 0 unspecified atom stereocenters. The van der Waals surface area contributed by atoms with Crippen molar-refractivity contribution in [3.8, 4) is 28.6 Å². The fourth-order valence-corrected chi connectivity index (χ4v) is 8.77. The lowest BCUT2D eigenvalue weighted by atomic mass is 9.82. The molecular formula is C40H45F3N6O5S. The molecule has 2 N–H and O–H groups in total. The highest BCUT2D eigenvalue weighted by Gasteiger charge is 2.43. The first kappa shape index (κ1) is 39.7. The number of benzene rings is 4. The molecule has 0 aliphatic heterocycles. The van der Waals surface area contributed by atoms with Gasteiger partial charge in [0.05, 0.1) is 33.4 Å². The van der Waals surface area contributed by atoms with Crippen molar-refractivity contribution in [1.29, 1.82) is 0 Å². The van der Waals surface area contributed by atoms with Gasteiger partial charge in [0.25, 0.3) is 0 Å². The van der Waals surface area contributed by atoms with E-state index < -0.39 is 26.7 Å². The predicted octanol–water partition coefficient (Wildman–Crippen LogP) is 7.27. The summed E-state index contributed by atoms with van der Waals surface area (Å²) in [5.41, 5.74) is 6.88. The van der Waals surface area contributed by atoms with Gasteiger partial charge >= 0.3 is 6.18 Å². The van der Waals surface area contributed by atoms with Crippen LogP contribution in [0.5, 0.6) is 17.2 Å². The minimum absolute atomic E-state index is 0.127. The second kappa shape index (κ2) is 17.2. The zero-order chi connectivity index (χ0) is 39.2. The van der Waals surface area contributed by atoms with Crippen LogP contribution in [0.1, 0.15) is 59.9 Å². The highest BCUT2D eigenvalue weighted by molar-refractivity contribution is 7.89. The summed E-state index contributed by atoms with van der Waals surface area (Å²) < 4.78 is 92.7. The summed E-state index contributed by atoms with van der Waals surface area (Å²) in [4.78, 5) is 0.334. The Balaban J connectivity index is 1.49. The third kappa shape index (κ3) is 9.64. The molecule has 1 saturated carbocycles. The van der Waals surface area contributed by atoms with Gasteiger partial charge in [-0.25, -0.2) is 8.42 Å². The number of alkyl halides is 3. The highest BCUT2D eigenvalue weighted by atomic mass is 32.2. The van der Waals surface area contributed by atoms with E-state index in [0.717, 1.165) is 41.6 Å². The van der Waals surface area contributed by atoms with Crippen molar-refractivity contribution in [2.45, 2.75) is 75.3 Å². The maximum atomic E-state index is 15.2. The van der Waals surface area contributed by atoms with E-state index in [0.29, 0.717) is 46.8 Å². The molecule has 1 aromatic heterocycles. The third-order valence-corrected chi connectivity index (χ3v) is 11.9. The number of tetrazole rings is 1. The number of nitrogens with two attached hydrogens (primary N) is 1. The van der Waals surface area contributed by atoms with Gasteiger partial charge in [-0.05, 0) is 114 Å². The lowest BCUT2D eigenvalue weighted by Gasteiger charge is -2.28. The Bertz CT molecular complexity index is 2090. The first-order valence-corrected chi connectivity index (χ1v) is 19.5. The monoisotopic (exact) mass is 778 g/mol. The molecule has 5 aromatic rings. The molecular weight excluding hydrogens is 734 g/mol. The van der Waals surface area contributed by atoms with Crippen LogP contribution in [0.15, 0.2) is 89.8 Å². The molecule has 0 radical (unpaired) electrons. The summed E-state index contributed by atoms with van der Waals surface area (Å²) in [6.07, 6.45) is -0.619. The molecule has 0 spiro atoms. The van der Waals surface area contributed by atoms with Gasteiger partial charge in [-0.1, -0.05) is 42.5 Å². The average Bonchev–Trinajstić information content (AvgIpc) is 3.65. The van der Waals surface area contributed by atoms with E-state index in [-0.39, 0.29) is 43.0 Å². The molecule has 1 heterocycles. The second-order valence-electron chi connectivity index (χ2n) is 13.8. The van der Waals surface area contributed by atoms with Crippen molar-refractivity contribution in [2.75, 3.05) is 21.3 Å². The van der Waals surface area contributed by atoms with E-state index in [1.54, 1.807) is 79.9 Å². The van der Waals surface area contributed by atoms with Gasteiger partial charge in [-0.15, -0.1) is 10.2 Å². The van der Waals surface area contributed by atoms with E-state index in [9.17, 15) is 0 Å². The van der Waals surface area contributed by atoms with Crippen LogP contribution in [0.25, 0.3) is 11.4 Å². The fourth-order valence-electron chi connectivity index (χ4n) is 6.93. The number of halogens is 3. The molecule has 1 aliphatic carbocycles. The molecule has 0 atom stereocenters. The number of rotatable bonds is 15. The molecule has 0 bridgehead atoms. The zero-order valence-electron chi connectivity index (χ0n) is 31.0. The van der Waals surface area contributed by atoms with Crippen LogP contribution < -0.4 is 19.9 Å². The van der Waals surface area contributed by atoms with E-state index in [2.05, 4.69) is 15.4 Å². The average molecular weight is 779 g/mol. The van der Waals surface area contributed by atoms with Crippen molar-refractivity contribution in [1.82, 2.24) is 24.5 Å². The first-order valence-electron chi connectivity index (χ1n) is 18.0. The number of sulfonamides is 1. The van der Waals surface area contributed by atoms with Crippen LogP contribution in [0.2, 0.25) is 0 Å². The van der Waals surface area contributed by atoms with Crippen LogP contribution >= 0.6 is 0 Å². The second-order valence-corrected chi connectivity index (χ2v) is 15.6. The maximum Gasteiger partial charge on any atom is 0.417 e. The number of aromatic nitrogens is 4. The largest absolute Gasteiger partial charge is 0.497 e. The van der Waals surface area contributed by atoms with E-state index in [1.165, 1.54) is 25.1 Å². The fraction of sp³-hybridized carbons (Fsp3) is 0.375. The van der Waals surface area contributed by atoms with Gasteiger partial charge in [0.2, 0.25) is 15.8 Å². The Labute approximate surface area is 319 Å². The molecule has 55 heavy (non-hydrogen) atoms. The lowest BCUT2D eigenvalue weighted by Crippen LogP contribution is -2.32. The number of ether oxygens (including phenoxy) is 3. The quantitative estimate of drug-likeness (QED) is 0.116. The Kier molecular flexibility index (Phi) is 12.4. The van der Waals surface area contributed by atoms with Crippen molar-refractivity contribution in [3.63, 3.8) is 0 Å². The molecule has 0 amide bonds. The standard InChI is InChI=1S/C40H45F3N6O5S/c1-52-33-17-7-28(8-18-33)24-48(25-29-9-19-34(53-2)20-10-29)55(50,51)38-36(40(41,42)43)23-14-31(13-4-27-5-15-32(44)16-6-27)37(38)39-45-47-49(46-39)26-30-11-21-35(54-3)22-12-30/h7-12,14,17-23,27,32H,4-6,13,15-16,24-26,44H2,1-3H3. The molecule has 4 aromatic carbocycles. The minimum atomic E-state index is -5.04. The van der Waals surface area contributed by atoms with Crippen LogP contribution in [-0.4, -0.2) is 60.3 Å². The Hall–Kier alpha value is -4.99. The summed E-state index contributed by atoms with van der Waals surface area (Å²) in [6, 6.07) is 22.9. The van der Waals surface area contributed by atoms with Gasteiger partial charge in [0.1, 0.15) is 22.1 Å². The van der Waals surface area contributed by atoms with Gasteiger partial charge in [-0.2, -0.15) is 22.3 Å². The van der Waals surface area contributed by atoms with E-state index in [4.69, 9.17) is 19.9 Å². The van der Waals surface area contributed by atoms with Gasteiger partial charge in [-0.3, -0.25) is 0 Å². The predicted molar refractivity (Wildman–Crippen MR) is 201 cm³/mol. The summed E-state index contributed by atoms with van der Waals surface area (Å²) in [5.74, 6) is 1.81. The van der Waals surface area contributed by atoms with Crippen LogP contribution in [-0.2, 0) is 42.3 Å².